The van der Waals surface area contributed by atoms with Crippen LogP contribution >= 0.6 is 0 Å². The molecule has 12 heteroatoms. The highest BCUT2D eigenvalue weighted by Gasteiger charge is 2.21. The first kappa shape index (κ1) is 20.6. The van der Waals surface area contributed by atoms with Crippen molar-refractivity contribution in [1.82, 2.24) is 25.1 Å². The van der Waals surface area contributed by atoms with Crippen molar-refractivity contribution in [2.45, 2.75) is 13.5 Å². The molecule has 1 amide bonds. The van der Waals surface area contributed by atoms with E-state index in [9.17, 15) is 14.9 Å². The molecule has 3 heterocycles. The van der Waals surface area contributed by atoms with Gasteiger partial charge in [0, 0.05) is 49.9 Å². The Morgan fingerprint density at radius 1 is 1.13 bits per heavy atom. The van der Waals surface area contributed by atoms with Crippen molar-refractivity contribution < 1.29 is 18.8 Å². The smallest absolute Gasteiger partial charge is 0.269 e. The quantitative estimate of drug-likeness (QED) is 0.437. The van der Waals surface area contributed by atoms with Crippen LogP contribution in [0.2, 0.25) is 0 Å². The highest BCUT2D eigenvalue weighted by Crippen LogP contribution is 2.20. The van der Waals surface area contributed by atoms with Crippen LogP contribution in [0.25, 0.3) is 11.4 Å². The average molecular weight is 427 g/mol. The van der Waals surface area contributed by atoms with Gasteiger partial charge in [-0.05, 0) is 19.1 Å². The largest absolute Gasteiger partial charge is 0.360 e. The number of hydrogen-bond donors (Lipinski definition) is 1. The number of nitrogens with one attached hydrogen (secondary N) is 1. The molecule has 31 heavy (non-hydrogen) atoms. The number of benzene rings is 1. The zero-order valence-corrected chi connectivity index (χ0v) is 16.9. The lowest BCUT2D eigenvalue weighted by Gasteiger charge is -2.33. The van der Waals surface area contributed by atoms with Gasteiger partial charge in [0.15, 0.2) is 5.82 Å². The summed E-state index contributed by atoms with van der Waals surface area (Å²) in [6, 6.07) is 7.67. The van der Waals surface area contributed by atoms with Crippen LogP contribution in [0, 0.1) is 17.0 Å². The summed E-state index contributed by atoms with van der Waals surface area (Å²) in [6.45, 7) is 5.52. The molecule has 1 aromatic carbocycles. The van der Waals surface area contributed by atoms with Gasteiger partial charge in [-0.2, -0.15) is 4.98 Å². The Labute approximate surface area is 176 Å². The first-order chi connectivity index (χ1) is 15.0. The van der Waals surface area contributed by atoms with E-state index in [2.05, 4.69) is 30.4 Å². The standard InChI is InChI=1S/C19H21N7O5/c1-13-10-16(22-30-13)20-17(27)11-24-6-8-25(9-7-24)12-18-21-19(23-31-18)14-2-4-15(5-3-14)26(28)29/h2-5,10H,6-9,11-12H2,1H3,(H,20,22,27). The number of anilines is 1. The molecular weight excluding hydrogens is 406 g/mol. The molecule has 0 bridgehead atoms. The van der Waals surface area contributed by atoms with Crippen molar-refractivity contribution in [2.24, 2.45) is 0 Å². The molecule has 2 aromatic heterocycles. The van der Waals surface area contributed by atoms with E-state index in [0.29, 0.717) is 35.4 Å². The van der Waals surface area contributed by atoms with Crippen LogP contribution in [-0.2, 0) is 11.3 Å². The van der Waals surface area contributed by atoms with Crippen LogP contribution in [-0.4, -0.2) is 68.7 Å². The Morgan fingerprint density at radius 3 is 2.48 bits per heavy atom. The normalized spacial score (nSPS) is 15.1. The van der Waals surface area contributed by atoms with Crippen LogP contribution in [0.15, 0.2) is 39.4 Å². The average Bonchev–Trinajstić information content (AvgIpc) is 3.38. The summed E-state index contributed by atoms with van der Waals surface area (Å²) in [5.74, 6) is 1.79. The van der Waals surface area contributed by atoms with E-state index in [1.165, 1.54) is 12.1 Å². The molecule has 0 radical (unpaired) electrons. The highest BCUT2D eigenvalue weighted by atomic mass is 16.6. The maximum Gasteiger partial charge on any atom is 0.269 e. The maximum atomic E-state index is 12.1. The number of non-ortho nitro benzene ring substituents is 1. The number of nitro benzene ring substituents is 1. The second-order valence-electron chi connectivity index (χ2n) is 7.24. The van der Waals surface area contributed by atoms with Gasteiger partial charge < -0.3 is 14.4 Å². The van der Waals surface area contributed by atoms with Crippen LogP contribution in [0.5, 0.6) is 0 Å². The van der Waals surface area contributed by atoms with Gasteiger partial charge in [0.25, 0.3) is 5.69 Å². The summed E-state index contributed by atoms with van der Waals surface area (Å²) in [7, 11) is 0. The van der Waals surface area contributed by atoms with E-state index < -0.39 is 4.92 Å². The minimum Gasteiger partial charge on any atom is -0.360 e. The van der Waals surface area contributed by atoms with Crippen molar-refractivity contribution in [2.75, 3.05) is 38.0 Å². The molecule has 0 spiro atoms. The monoisotopic (exact) mass is 427 g/mol. The van der Waals surface area contributed by atoms with Gasteiger partial charge in [0.2, 0.25) is 17.6 Å². The number of aromatic nitrogens is 3. The lowest BCUT2D eigenvalue weighted by atomic mass is 10.2. The molecular formula is C19H21N7O5. The van der Waals surface area contributed by atoms with E-state index in [-0.39, 0.29) is 18.1 Å². The van der Waals surface area contributed by atoms with Crippen LogP contribution in [0.1, 0.15) is 11.7 Å². The van der Waals surface area contributed by atoms with Crippen molar-refractivity contribution in [1.29, 1.82) is 0 Å². The van der Waals surface area contributed by atoms with E-state index >= 15 is 0 Å². The molecule has 1 fully saturated rings. The predicted molar refractivity (Wildman–Crippen MR) is 108 cm³/mol. The Morgan fingerprint density at radius 2 is 1.84 bits per heavy atom. The number of carbonyl (C=O) groups is 1. The molecule has 3 aromatic rings. The summed E-state index contributed by atoms with van der Waals surface area (Å²) >= 11 is 0. The fourth-order valence-electron chi connectivity index (χ4n) is 3.28. The Kier molecular flexibility index (Phi) is 6.00. The molecule has 12 nitrogen and oxygen atoms in total. The number of aryl methyl sites for hydroxylation is 1. The molecule has 0 aliphatic carbocycles. The number of piperazine rings is 1. The highest BCUT2D eigenvalue weighted by molar-refractivity contribution is 5.91. The van der Waals surface area contributed by atoms with Crippen LogP contribution in [0.3, 0.4) is 0 Å². The second-order valence-corrected chi connectivity index (χ2v) is 7.24. The number of amides is 1. The van der Waals surface area contributed by atoms with Gasteiger partial charge in [-0.15, -0.1) is 0 Å². The van der Waals surface area contributed by atoms with Crippen LogP contribution < -0.4 is 5.32 Å². The third kappa shape index (κ3) is 5.29. The Bertz CT molecular complexity index is 1050. The minimum atomic E-state index is -0.454. The number of nitro groups is 1. The Hall–Kier alpha value is -3.64. The second kappa shape index (κ2) is 9.02. The topological polar surface area (TPSA) is 144 Å². The summed E-state index contributed by atoms with van der Waals surface area (Å²) in [5.41, 5.74) is 0.661. The lowest BCUT2D eigenvalue weighted by Crippen LogP contribution is -2.48. The summed E-state index contributed by atoms with van der Waals surface area (Å²) in [4.78, 5) is 31.1. The van der Waals surface area contributed by atoms with Crippen molar-refractivity contribution in [3.05, 3.63) is 52.1 Å². The molecule has 4 rings (SSSR count). The fourth-order valence-corrected chi connectivity index (χ4v) is 3.28. The molecule has 1 aliphatic heterocycles. The summed E-state index contributed by atoms with van der Waals surface area (Å²) in [6.07, 6.45) is 0. The number of rotatable bonds is 7. The first-order valence-electron chi connectivity index (χ1n) is 9.71. The third-order valence-electron chi connectivity index (χ3n) is 4.89. The van der Waals surface area contributed by atoms with Crippen molar-refractivity contribution in [3.63, 3.8) is 0 Å². The van der Waals surface area contributed by atoms with Gasteiger partial charge in [0.1, 0.15) is 5.76 Å². The minimum absolute atomic E-state index is 0.00941. The van der Waals surface area contributed by atoms with Gasteiger partial charge in [-0.25, -0.2) is 0 Å². The van der Waals surface area contributed by atoms with Gasteiger partial charge in [-0.1, -0.05) is 10.3 Å². The SMILES string of the molecule is Cc1cc(NC(=O)CN2CCN(Cc3nc(-c4ccc([N+](=O)[O-])cc4)no3)CC2)no1. The molecule has 0 atom stereocenters. The summed E-state index contributed by atoms with van der Waals surface area (Å²) in [5, 5.41) is 21.2. The van der Waals surface area contributed by atoms with E-state index in [0.717, 1.165) is 26.2 Å². The van der Waals surface area contributed by atoms with Crippen molar-refractivity contribution >= 4 is 17.4 Å². The van der Waals surface area contributed by atoms with E-state index in [4.69, 9.17) is 9.05 Å². The maximum absolute atomic E-state index is 12.1. The fraction of sp³-hybridized carbons (Fsp3) is 0.368. The molecule has 0 unspecified atom stereocenters. The van der Waals surface area contributed by atoms with Crippen molar-refractivity contribution in [3.8, 4) is 11.4 Å². The van der Waals surface area contributed by atoms with Gasteiger partial charge >= 0.3 is 0 Å². The Balaban J connectivity index is 1.24. The molecule has 0 saturated carbocycles. The zero-order valence-electron chi connectivity index (χ0n) is 16.9. The molecule has 1 saturated heterocycles. The predicted octanol–water partition coefficient (Wildman–Crippen LogP) is 1.70. The zero-order chi connectivity index (χ0) is 21.8. The molecule has 1 N–H and O–H groups in total. The molecule has 1 aliphatic rings. The third-order valence-corrected chi connectivity index (χ3v) is 4.89. The van der Waals surface area contributed by atoms with Gasteiger partial charge in [0.05, 0.1) is 18.0 Å². The number of carbonyl (C=O) groups excluding carboxylic acids is 1. The van der Waals surface area contributed by atoms with E-state index in [1.54, 1.807) is 25.1 Å². The molecule has 162 valence electrons. The number of hydrogen-bond acceptors (Lipinski definition) is 10. The lowest BCUT2D eigenvalue weighted by molar-refractivity contribution is -0.384. The van der Waals surface area contributed by atoms with Gasteiger partial charge in [-0.3, -0.25) is 24.7 Å². The summed E-state index contributed by atoms with van der Waals surface area (Å²) < 4.78 is 10.3. The number of nitrogens with zero attached hydrogens (tertiary/aromatic N) is 6. The first-order valence-corrected chi connectivity index (χ1v) is 9.71. The van der Waals surface area contributed by atoms with Crippen LogP contribution in [0.4, 0.5) is 11.5 Å². The van der Waals surface area contributed by atoms with E-state index in [1.807, 2.05) is 0 Å².